The Morgan fingerprint density at radius 3 is 2.75 bits per heavy atom. The summed E-state index contributed by atoms with van der Waals surface area (Å²) in [5, 5.41) is 12.7. The molecule has 0 aliphatic heterocycles. The summed E-state index contributed by atoms with van der Waals surface area (Å²) in [5.41, 5.74) is 2.26. The molecular weight excluding hydrogens is 204 g/mol. The van der Waals surface area contributed by atoms with E-state index in [2.05, 4.69) is 41.6 Å². The van der Waals surface area contributed by atoms with Gasteiger partial charge in [0.15, 0.2) is 0 Å². The molecule has 1 amide bonds. The zero-order valence-electron chi connectivity index (χ0n) is 10.3. The number of hydrogen-bond donors (Lipinski definition) is 3. The van der Waals surface area contributed by atoms with Crippen LogP contribution in [0.1, 0.15) is 32.0 Å². The number of aromatic nitrogens is 2. The second-order valence-electron chi connectivity index (χ2n) is 4.80. The van der Waals surface area contributed by atoms with Crippen LogP contribution in [0.5, 0.6) is 0 Å². The molecule has 5 heteroatoms. The van der Waals surface area contributed by atoms with Gasteiger partial charge in [0.25, 0.3) is 0 Å². The highest BCUT2D eigenvalue weighted by atomic mass is 16.1. The van der Waals surface area contributed by atoms with Crippen molar-refractivity contribution in [3.8, 4) is 0 Å². The number of rotatable bonds is 4. The van der Waals surface area contributed by atoms with Gasteiger partial charge in [-0.3, -0.25) is 9.89 Å². The number of amides is 1. The number of nitrogens with one attached hydrogen (secondary N) is 3. The van der Waals surface area contributed by atoms with E-state index in [9.17, 15) is 4.79 Å². The van der Waals surface area contributed by atoms with Crippen molar-refractivity contribution in [3.63, 3.8) is 0 Å². The molecule has 0 spiro atoms. The lowest BCUT2D eigenvalue weighted by molar-refractivity contribution is -0.119. The van der Waals surface area contributed by atoms with E-state index < -0.39 is 0 Å². The fourth-order valence-electron chi connectivity index (χ4n) is 1.49. The molecule has 0 aliphatic rings. The smallest absolute Gasteiger partial charge is 0.233 e. The van der Waals surface area contributed by atoms with Crippen molar-refractivity contribution < 1.29 is 4.79 Å². The standard InChI is InChI=1S/C11H20N4O/c1-11(2,3)10-8(6-14-15-10)5-13-7-9(16)12-4/h6,13H,5,7H2,1-4H3,(H,12,16)(H,14,15). The summed E-state index contributed by atoms with van der Waals surface area (Å²) in [6.07, 6.45) is 1.80. The van der Waals surface area contributed by atoms with Gasteiger partial charge in [-0.25, -0.2) is 0 Å². The number of aromatic amines is 1. The van der Waals surface area contributed by atoms with Gasteiger partial charge in [-0.15, -0.1) is 0 Å². The average Bonchev–Trinajstić information content (AvgIpc) is 2.65. The second-order valence-corrected chi connectivity index (χ2v) is 4.80. The molecule has 0 fully saturated rings. The zero-order chi connectivity index (χ0) is 12.2. The summed E-state index contributed by atoms with van der Waals surface area (Å²) in [6.45, 7) is 7.36. The molecule has 1 rings (SSSR count). The Hall–Kier alpha value is -1.36. The maximum absolute atomic E-state index is 11.0. The molecule has 0 radical (unpaired) electrons. The van der Waals surface area contributed by atoms with E-state index in [-0.39, 0.29) is 11.3 Å². The first-order valence-electron chi connectivity index (χ1n) is 5.39. The first kappa shape index (κ1) is 12.7. The van der Waals surface area contributed by atoms with Gasteiger partial charge in [0.1, 0.15) is 0 Å². The van der Waals surface area contributed by atoms with E-state index in [1.807, 2.05) is 0 Å². The molecule has 0 aliphatic carbocycles. The molecule has 16 heavy (non-hydrogen) atoms. The van der Waals surface area contributed by atoms with Gasteiger partial charge in [-0.05, 0) is 0 Å². The molecule has 1 aromatic heterocycles. The Labute approximate surface area is 96.0 Å². The van der Waals surface area contributed by atoms with E-state index >= 15 is 0 Å². The van der Waals surface area contributed by atoms with Crippen molar-refractivity contribution >= 4 is 5.91 Å². The van der Waals surface area contributed by atoms with Crippen LogP contribution in [0.4, 0.5) is 0 Å². The van der Waals surface area contributed by atoms with Gasteiger partial charge in [0.05, 0.1) is 12.7 Å². The van der Waals surface area contributed by atoms with Gasteiger partial charge < -0.3 is 10.6 Å². The topological polar surface area (TPSA) is 69.8 Å². The quantitative estimate of drug-likeness (QED) is 0.699. The second kappa shape index (κ2) is 5.12. The maximum Gasteiger partial charge on any atom is 0.233 e. The summed E-state index contributed by atoms with van der Waals surface area (Å²) >= 11 is 0. The molecule has 0 atom stereocenters. The Balaban J connectivity index is 2.55. The maximum atomic E-state index is 11.0. The highest BCUT2D eigenvalue weighted by molar-refractivity contribution is 5.77. The van der Waals surface area contributed by atoms with Gasteiger partial charge in [0, 0.05) is 30.3 Å². The van der Waals surface area contributed by atoms with Crippen LogP contribution in [0, 0.1) is 0 Å². The lowest BCUT2D eigenvalue weighted by Crippen LogP contribution is -2.31. The van der Waals surface area contributed by atoms with Crippen LogP contribution in [0.15, 0.2) is 6.20 Å². The summed E-state index contributed by atoms with van der Waals surface area (Å²) < 4.78 is 0. The molecule has 0 saturated carbocycles. The van der Waals surface area contributed by atoms with E-state index in [1.54, 1.807) is 13.2 Å². The molecule has 1 heterocycles. The van der Waals surface area contributed by atoms with E-state index in [0.29, 0.717) is 13.1 Å². The SMILES string of the molecule is CNC(=O)CNCc1cn[nH]c1C(C)(C)C. The fraction of sp³-hybridized carbons (Fsp3) is 0.636. The largest absolute Gasteiger partial charge is 0.358 e. The first-order chi connectivity index (χ1) is 7.45. The third-order valence-corrected chi connectivity index (χ3v) is 2.35. The summed E-state index contributed by atoms with van der Waals surface area (Å²) in [7, 11) is 1.63. The third kappa shape index (κ3) is 3.34. The van der Waals surface area contributed by atoms with Crippen LogP contribution in [-0.2, 0) is 16.8 Å². The monoisotopic (exact) mass is 224 g/mol. The van der Waals surface area contributed by atoms with E-state index in [4.69, 9.17) is 0 Å². The van der Waals surface area contributed by atoms with Crippen LogP contribution < -0.4 is 10.6 Å². The zero-order valence-corrected chi connectivity index (χ0v) is 10.3. The molecule has 0 bridgehead atoms. The molecule has 0 aromatic carbocycles. The van der Waals surface area contributed by atoms with Crippen molar-refractivity contribution in [2.75, 3.05) is 13.6 Å². The number of carbonyl (C=O) groups excluding carboxylic acids is 1. The number of H-pyrrole nitrogens is 1. The Morgan fingerprint density at radius 2 is 2.19 bits per heavy atom. The van der Waals surface area contributed by atoms with E-state index in [0.717, 1.165) is 11.3 Å². The van der Waals surface area contributed by atoms with Crippen LogP contribution in [0.2, 0.25) is 0 Å². The van der Waals surface area contributed by atoms with Crippen LogP contribution in [0.3, 0.4) is 0 Å². The lowest BCUT2D eigenvalue weighted by Gasteiger charge is -2.18. The van der Waals surface area contributed by atoms with Crippen molar-refractivity contribution in [3.05, 3.63) is 17.5 Å². The van der Waals surface area contributed by atoms with Crippen LogP contribution in [0.25, 0.3) is 0 Å². The minimum absolute atomic E-state index is 0.0131. The number of hydrogen-bond acceptors (Lipinski definition) is 3. The Kier molecular flexibility index (Phi) is 4.06. The third-order valence-electron chi connectivity index (χ3n) is 2.35. The highest BCUT2D eigenvalue weighted by Gasteiger charge is 2.19. The van der Waals surface area contributed by atoms with Gasteiger partial charge in [0.2, 0.25) is 5.91 Å². The van der Waals surface area contributed by atoms with Crippen molar-refractivity contribution in [1.82, 2.24) is 20.8 Å². The molecule has 3 N–H and O–H groups in total. The van der Waals surface area contributed by atoms with Crippen molar-refractivity contribution in [1.29, 1.82) is 0 Å². The average molecular weight is 224 g/mol. The lowest BCUT2D eigenvalue weighted by atomic mass is 9.89. The predicted molar refractivity (Wildman–Crippen MR) is 63.1 cm³/mol. The molecule has 0 unspecified atom stereocenters. The predicted octanol–water partition coefficient (Wildman–Crippen LogP) is 0.543. The Morgan fingerprint density at radius 1 is 1.50 bits per heavy atom. The number of likely N-dealkylation sites (N-methyl/N-ethyl adjacent to an activating group) is 1. The molecular formula is C11H20N4O. The summed E-state index contributed by atoms with van der Waals surface area (Å²) in [4.78, 5) is 11.0. The first-order valence-corrected chi connectivity index (χ1v) is 5.39. The number of carbonyl (C=O) groups is 1. The van der Waals surface area contributed by atoms with Crippen molar-refractivity contribution in [2.45, 2.75) is 32.7 Å². The Bertz CT molecular complexity index is 351. The van der Waals surface area contributed by atoms with Crippen molar-refractivity contribution in [2.24, 2.45) is 0 Å². The number of nitrogens with zero attached hydrogens (tertiary/aromatic N) is 1. The van der Waals surface area contributed by atoms with Crippen LogP contribution in [-0.4, -0.2) is 29.7 Å². The highest BCUT2D eigenvalue weighted by Crippen LogP contribution is 2.22. The fourth-order valence-corrected chi connectivity index (χ4v) is 1.49. The van der Waals surface area contributed by atoms with E-state index in [1.165, 1.54) is 0 Å². The normalized spacial score (nSPS) is 11.5. The van der Waals surface area contributed by atoms with Gasteiger partial charge >= 0.3 is 0 Å². The van der Waals surface area contributed by atoms with Crippen LogP contribution >= 0.6 is 0 Å². The minimum atomic E-state index is -0.0131. The molecule has 1 aromatic rings. The molecule has 0 saturated heterocycles. The molecule has 5 nitrogen and oxygen atoms in total. The van der Waals surface area contributed by atoms with Gasteiger partial charge in [-0.1, -0.05) is 20.8 Å². The molecule has 90 valence electrons. The summed E-state index contributed by atoms with van der Waals surface area (Å²) in [5.74, 6) is -0.0131. The minimum Gasteiger partial charge on any atom is -0.358 e. The van der Waals surface area contributed by atoms with Gasteiger partial charge in [-0.2, -0.15) is 5.10 Å². The summed E-state index contributed by atoms with van der Waals surface area (Å²) in [6, 6.07) is 0.